The lowest BCUT2D eigenvalue weighted by Gasteiger charge is -2.02. The van der Waals surface area contributed by atoms with Gasteiger partial charge in [0, 0.05) is 0 Å². The van der Waals surface area contributed by atoms with Crippen LogP contribution in [-0.4, -0.2) is 12.6 Å². The summed E-state index contributed by atoms with van der Waals surface area (Å²) in [6.45, 7) is 5.75. The molecule has 0 rings (SSSR count). The molecule has 2 nitrogen and oxygen atoms in total. The summed E-state index contributed by atoms with van der Waals surface area (Å²) in [6.07, 6.45) is 0.608. The molecule has 7 heavy (non-hydrogen) atoms. The van der Waals surface area contributed by atoms with Crippen LogP contribution >= 0.6 is 0 Å². The SMILES string of the molecule is [CH2]CC(C)OC=O. The average Bonchev–Trinajstić information content (AvgIpc) is 1.68. The first kappa shape index (κ1) is 6.47. The number of rotatable bonds is 3. The van der Waals surface area contributed by atoms with Crippen LogP contribution in [0.4, 0.5) is 0 Å². The molecular weight excluding hydrogens is 92.1 g/mol. The quantitative estimate of drug-likeness (QED) is 0.491. The zero-order valence-electron chi connectivity index (χ0n) is 4.39. The fourth-order valence-corrected chi connectivity index (χ4v) is 0.163. The molecule has 0 heterocycles. The third kappa shape index (κ3) is 3.30. The maximum absolute atomic E-state index is 9.52. The van der Waals surface area contributed by atoms with Gasteiger partial charge in [-0.25, -0.2) is 0 Å². The maximum atomic E-state index is 9.52. The molecule has 0 bridgehead atoms. The molecule has 0 aliphatic heterocycles. The van der Waals surface area contributed by atoms with Gasteiger partial charge in [-0.05, 0) is 20.3 Å². The van der Waals surface area contributed by atoms with Gasteiger partial charge >= 0.3 is 0 Å². The Bertz CT molecular complexity index is 52.0. The van der Waals surface area contributed by atoms with Crippen LogP contribution in [0.2, 0.25) is 0 Å². The van der Waals surface area contributed by atoms with Gasteiger partial charge in [0.25, 0.3) is 6.47 Å². The highest BCUT2D eigenvalue weighted by atomic mass is 16.5. The molecule has 0 spiro atoms. The third-order valence-corrected chi connectivity index (χ3v) is 0.694. The molecule has 0 aliphatic rings. The van der Waals surface area contributed by atoms with E-state index in [-0.39, 0.29) is 6.10 Å². The van der Waals surface area contributed by atoms with E-state index in [1.54, 1.807) is 6.92 Å². The topological polar surface area (TPSA) is 26.3 Å². The van der Waals surface area contributed by atoms with E-state index >= 15 is 0 Å². The summed E-state index contributed by atoms with van der Waals surface area (Å²) >= 11 is 0. The van der Waals surface area contributed by atoms with E-state index in [2.05, 4.69) is 11.7 Å². The molecule has 0 saturated heterocycles. The van der Waals surface area contributed by atoms with Crippen LogP contribution in [0.1, 0.15) is 13.3 Å². The minimum atomic E-state index is -0.0301. The molecule has 0 aromatic heterocycles. The summed E-state index contributed by atoms with van der Waals surface area (Å²) in [5.41, 5.74) is 0. The molecule has 1 atom stereocenters. The second-order valence-electron chi connectivity index (χ2n) is 1.33. The van der Waals surface area contributed by atoms with E-state index in [1.807, 2.05) is 0 Å². The molecule has 1 radical (unpaired) electrons. The molecule has 0 N–H and O–H groups in total. The standard InChI is InChI=1S/C5H9O2/c1-3-5(2)7-4-6/h4-5H,1,3H2,2H3. The van der Waals surface area contributed by atoms with Crippen molar-refractivity contribution in [2.45, 2.75) is 19.4 Å². The van der Waals surface area contributed by atoms with Gasteiger partial charge in [-0.15, -0.1) is 0 Å². The molecule has 0 amide bonds. The minimum Gasteiger partial charge on any atom is -0.465 e. The van der Waals surface area contributed by atoms with Crippen LogP contribution < -0.4 is 0 Å². The van der Waals surface area contributed by atoms with E-state index in [1.165, 1.54) is 0 Å². The lowest BCUT2D eigenvalue weighted by Crippen LogP contribution is -2.03. The first-order valence-electron chi connectivity index (χ1n) is 2.19. The molecular formula is C5H9O2. The number of hydrogen-bond donors (Lipinski definition) is 0. The molecule has 0 aliphatic carbocycles. The molecule has 1 unspecified atom stereocenters. The van der Waals surface area contributed by atoms with Crippen LogP contribution in [0.3, 0.4) is 0 Å². The van der Waals surface area contributed by atoms with Crippen molar-refractivity contribution in [1.29, 1.82) is 0 Å². The van der Waals surface area contributed by atoms with Crippen LogP contribution in [0.25, 0.3) is 0 Å². The van der Waals surface area contributed by atoms with Gasteiger partial charge in [-0.1, -0.05) is 0 Å². The van der Waals surface area contributed by atoms with Crippen molar-refractivity contribution in [3.05, 3.63) is 6.92 Å². The van der Waals surface area contributed by atoms with Gasteiger partial charge < -0.3 is 4.74 Å². The number of carbonyl (C=O) groups excluding carboxylic acids is 1. The van der Waals surface area contributed by atoms with Crippen molar-refractivity contribution < 1.29 is 9.53 Å². The van der Waals surface area contributed by atoms with Gasteiger partial charge in [-0.3, -0.25) is 4.79 Å². The molecule has 0 aromatic rings. The predicted molar refractivity (Wildman–Crippen MR) is 26.6 cm³/mol. The van der Waals surface area contributed by atoms with Gasteiger partial charge in [0.05, 0.1) is 6.10 Å². The van der Waals surface area contributed by atoms with E-state index in [9.17, 15) is 4.79 Å². The molecule has 0 fully saturated rings. The summed E-state index contributed by atoms with van der Waals surface area (Å²) in [4.78, 5) is 9.52. The minimum absolute atomic E-state index is 0.0301. The monoisotopic (exact) mass is 101 g/mol. The van der Waals surface area contributed by atoms with Gasteiger partial charge in [0.15, 0.2) is 0 Å². The van der Waals surface area contributed by atoms with E-state index in [0.717, 1.165) is 0 Å². The van der Waals surface area contributed by atoms with Crippen molar-refractivity contribution >= 4 is 6.47 Å². The third-order valence-electron chi connectivity index (χ3n) is 0.694. The predicted octanol–water partition coefficient (Wildman–Crippen LogP) is 0.772. The maximum Gasteiger partial charge on any atom is 0.293 e. The van der Waals surface area contributed by atoms with Crippen LogP contribution in [-0.2, 0) is 9.53 Å². The average molecular weight is 101 g/mol. The number of hydrogen-bond acceptors (Lipinski definition) is 2. The molecule has 2 heteroatoms. The van der Waals surface area contributed by atoms with E-state index < -0.39 is 0 Å². The van der Waals surface area contributed by atoms with Crippen molar-refractivity contribution in [3.8, 4) is 0 Å². The number of carbonyl (C=O) groups is 1. The van der Waals surface area contributed by atoms with Crippen molar-refractivity contribution in [3.63, 3.8) is 0 Å². The van der Waals surface area contributed by atoms with Crippen molar-refractivity contribution in [1.82, 2.24) is 0 Å². The summed E-state index contributed by atoms with van der Waals surface area (Å²) in [5.74, 6) is 0. The second kappa shape index (κ2) is 3.65. The fourth-order valence-electron chi connectivity index (χ4n) is 0.163. The van der Waals surface area contributed by atoms with Gasteiger partial charge in [0.2, 0.25) is 0 Å². The fraction of sp³-hybridized carbons (Fsp3) is 0.600. The smallest absolute Gasteiger partial charge is 0.293 e. The summed E-state index contributed by atoms with van der Waals surface area (Å²) in [5, 5.41) is 0. The zero-order valence-corrected chi connectivity index (χ0v) is 4.39. The lowest BCUT2D eigenvalue weighted by atomic mass is 10.3. The first-order chi connectivity index (χ1) is 3.31. The van der Waals surface area contributed by atoms with E-state index in [0.29, 0.717) is 12.9 Å². The second-order valence-corrected chi connectivity index (χ2v) is 1.33. The molecule has 41 valence electrons. The van der Waals surface area contributed by atoms with Crippen LogP contribution in [0.15, 0.2) is 0 Å². The Hall–Kier alpha value is -0.530. The van der Waals surface area contributed by atoms with Gasteiger partial charge in [-0.2, -0.15) is 0 Å². The Balaban J connectivity index is 2.98. The van der Waals surface area contributed by atoms with Gasteiger partial charge in [0.1, 0.15) is 0 Å². The summed E-state index contributed by atoms with van der Waals surface area (Å²) < 4.78 is 4.45. The van der Waals surface area contributed by atoms with Crippen molar-refractivity contribution in [2.75, 3.05) is 0 Å². The highest BCUT2D eigenvalue weighted by molar-refractivity contribution is 5.37. The Kier molecular flexibility index (Phi) is 3.38. The highest BCUT2D eigenvalue weighted by Gasteiger charge is 1.92. The van der Waals surface area contributed by atoms with Crippen LogP contribution in [0.5, 0.6) is 0 Å². The zero-order chi connectivity index (χ0) is 5.70. The Morgan fingerprint density at radius 1 is 2.00 bits per heavy atom. The lowest BCUT2D eigenvalue weighted by molar-refractivity contribution is -0.132. The summed E-state index contributed by atoms with van der Waals surface area (Å²) in [6, 6.07) is 0. The first-order valence-corrected chi connectivity index (χ1v) is 2.19. The van der Waals surface area contributed by atoms with Crippen LogP contribution in [0, 0.1) is 6.92 Å². The van der Waals surface area contributed by atoms with Crippen molar-refractivity contribution in [2.24, 2.45) is 0 Å². The number of ether oxygens (including phenoxy) is 1. The normalized spacial score (nSPS) is 12.9. The molecule has 0 aromatic carbocycles. The van der Waals surface area contributed by atoms with E-state index in [4.69, 9.17) is 0 Å². The highest BCUT2D eigenvalue weighted by Crippen LogP contribution is 1.90. The Labute approximate surface area is 43.5 Å². The molecule has 0 saturated carbocycles. The Morgan fingerprint density at radius 2 is 2.57 bits per heavy atom. The largest absolute Gasteiger partial charge is 0.465 e. The Morgan fingerprint density at radius 3 is 2.71 bits per heavy atom. The summed E-state index contributed by atoms with van der Waals surface area (Å²) in [7, 11) is 0.